The Morgan fingerprint density at radius 3 is 2.42 bits per heavy atom. The number of aliphatic carboxylic acids is 1. The number of nitrogens with one attached hydrogen (secondary N) is 1. The van der Waals surface area contributed by atoms with Gasteiger partial charge in [-0.2, -0.15) is 0 Å². The lowest BCUT2D eigenvalue weighted by atomic mass is 9.93. The molecule has 1 aliphatic heterocycles. The van der Waals surface area contributed by atoms with Gasteiger partial charge in [-0.25, -0.2) is 0 Å². The number of carbonyl (C=O) groups excluding carboxylic acids is 2. The summed E-state index contributed by atoms with van der Waals surface area (Å²) in [6, 6.07) is 6.94. The molecule has 1 fully saturated rings. The summed E-state index contributed by atoms with van der Waals surface area (Å²) in [5.74, 6) is -1.24. The molecule has 130 valence electrons. The van der Waals surface area contributed by atoms with E-state index in [2.05, 4.69) is 5.32 Å². The number of hydrogen-bond donors (Lipinski definition) is 2. The van der Waals surface area contributed by atoms with Gasteiger partial charge < -0.3 is 15.3 Å². The van der Waals surface area contributed by atoms with Crippen LogP contribution in [-0.4, -0.2) is 40.9 Å². The maximum absolute atomic E-state index is 12.5. The van der Waals surface area contributed by atoms with E-state index < -0.39 is 12.0 Å². The molecule has 0 aromatic heterocycles. The van der Waals surface area contributed by atoms with Crippen LogP contribution in [0.15, 0.2) is 24.3 Å². The van der Waals surface area contributed by atoms with E-state index in [4.69, 9.17) is 5.11 Å². The quantitative estimate of drug-likeness (QED) is 0.862. The molecule has 0 bridgehead atoms. The number of hydrogen-bond acceptors (Lipinski definition) is 3. The number of nitrogens with zero attached hydrogens (tertiary/aromatic N) is 1. The number of carbonyl (C=O) groups is 3. The summed E-state index contributed by atoms with van der Waals surface area (Å²) in [4.78, 5) is 36.8. The van der Waals surface area contributed by atoms with E-state index in [9.17, 15) is 14.4 Å². The Morgan fingerprint density at radius 2 is 1.88 bits per heavy atom. The van der Waals surface area contributed by atoms with Gasteiger partial charge in [-0.3, -0.25) is 14.4 Å². The van der Waals surface area contributed by atoms with Crippen LogP contribution in [0.25, 0.3) is 0 Å². The molecular weight excluding hydrogens is 308 g/mol. The zero-order valence-corrected chi connectivity index (χ0v) is 14.1. The minimum Gasteiger partial charge on any atom is -0.481 e. The largest absolute Gasteiger partial charge is 0.481 e. The summed E-state index contributed by atoms with van der Waals surface area (Å²) in [6.07, 6.45) is 1.07. The standard InChI is InChI=1S/C18H24N2O4/c1-12-5-3-4-6-15(12)16(11-17(22)23)19-18(24)14-7-9-20(10-8-14)13(2)21/h3-6,14,16H,7-11H2,1-2H3,(H,19,24)(H,22,23)/t16-/m0/s1. The van der Waals surface area contributed by atoms with Gasteiger partial charge in [0.2, 0.25) is 11.8 Å². The summed E-state index contributed by atoms with van der Waals surface area (Å²) < 4.78 is 0. The van der Waals surface area contributed by atoms with Gasteiger partial charge in [0.1, 0.15) is 0 Å². The Hall–Kier alpha value is -2.37. The first-order valence-electron chi connectivity index (χ1n) is 8.21. The number of amides is 2. The highest BCUT2D eigenvalue weighted by Gasteiger charge is 2.28. The van der Waals surface area contributed by atoms with Gasteiger partial charge in [-0.05, 0) is 30.9 Å². The van der Waals surface area contributed by atoms with E-state index in [0.29, 0.717) is 25.9 Å². The van der Waals surface area contributed by atoms with Crippen LogP contribution in [0, 0.1) is 12.8 Å². The lowest BCUT2D eigenvalue weighted by Gasteiger charge is -2.31. The van der Waals surface area contributed by atoms with Crippen LogP contribution < -0.4 is 5.32 Å². The third-order valence-corrected chi connectivity index (χ3v) is 4.57. The van der Waals surface area contributed by atoms with Crippen molar-refractivity contribution in [2.24, 2.45) is 5.92 Å². The molecule has 2 N–H and O–H groups in total. The van der Waals surface area contributed by atoms with Crippen LogP contribution in [-0.2, 0) is 14.4 Å². The Labute approximate surface area is 141 Å². The Balaban J connectivity index is 2.04. The average molecular weight is 332 g/mol. The van der Waals surface area contributed by atoms with Crippen molar-refractivity contribution in [3.05, 3.63) is 35.4 Å². The molecule has 2 amide bonds. The highest BCUT2D eigenvalue weighted by Crippen LogP contribution is 2.23. The normalized spacial score (nSPS) is 16.5. The van der Waals surface area contributed by atoms with E-state index in [1.54, 1.807) is 4.90 Å². The van der Waals surface area contributed by atoms with E-state index in [0.717, 1.165) is 11.1 Å². The Morgan fingerprint density at radius 1 is 1.25 bits per heavy atom. The molecule has 0 radical (unpaired) electrons. The molecule has 6 heteroatoms. The molecule has 1 saturated heterocycles. The minimum atomic E-state index is -0.949. The monoisotopic (exact) mass is 332 g/mol. The minimum absolute atomic E-state index is 0.0255. The van der Waals surface area contributed by atoms with Crippen molar-refractivity contribution >= 4 is 17.8 Å². The third kappa shape index (κ3) is 4.57. The van der Waals surface area contributed by atoms with E-state index in [1.807, 2.05) is 31.2 Å². The summed E-state index contributed by atoms with van der Waals surface area (Å²) in [5, 5.41) is 12.1. The summed E-state index contributed by atoms with van der Waals surface area (Å²) >= 11 is 0. The predicted octanol–water partition coefficient (Wildman–Crippen LogP) is 1.89. The summed E-state index contributed by atoms with van der Waals surface area (Å²) in [7, 11) is 0. The molecular formula is C18H24N2O4. The Kier molecular flexibility index (Phi) is 5.95. The summed E-state index contributed by atoms with van der Waals surface area (Å²) in [6.45, 7) is 4.58. The van der Waals surface area contributed by atoms with Gasteiger partial charge in [0.15, 0.2) is 0 Å². The van der Waals surface area contributed by atoms with Gasteiger partial charge >= 0.3 is 5.97 Å². The lowest BCUT2D eigenvalue weighted by Crippen LogP contribution is -2.43. The first kappa shape index (κ1) is 18.0. The number of carboxylic acids is 1. The maximum atomic E-state index is 12.5. The molecule has 6 nitrogen and oxygen atoms in total. The number of benzene rings is 1. The maximum Gasteiger partial charge on any atom is 0.305 e. The van der Waals surface area contributed by atoms with Crippen molar-refractivity contribution in [1.82, 2.24) is 10.2 Å². The number of rotatable bonds is 5. The fourth-order valence-electron chi connectivity index (χ4n) is 3.14. The van der Waals surface area contributed by atoms with Crippen molar-refractivity contribution < 1.29 is 19.5 Å². The zero-order valence-electron chi connectivity index (χ0n) is 14.1. The predicted molar refractivity (Wildman–Crippen MR) is 89.3 cm³/mol. The second-order valence-electron chi connectivity index (χ2n) is 6.30. The molecule has 1 aliphatic rings. The van der Waals surface area contributed by atoms with Gasteiger partial charge in [-0.1, -0.05) is 24.3 Å². The molecule has 1 aromatic carbocycles. The smallest absolute Gasteiger partial charge is 0.305 e. The summed E-state index contributed by atoms with van der Waals surface area (Å²) in [5.41, 5.74) is 1.78. The number of aryl methyl sites for hydroxylation is 1. The van der Waals surface area contributed by atoms with Gasteiger partial charge in [0, 0.05) is 25.9 Å². The van der Waals surface area contributed by atoms with Crippen LogP contribution in [0.2, 0.25) is 0 Å². The number of piperidine rings is 1. The third-order valence-electron chi connectivity index (χ3n) is 4.57. The molecule has 1 aromatic rings. The first-order chi connectivity index (χ1) is 11.4. The fraction of sp³-hybridized carbons (Fsp3) is 0.500. The zero-order chi connectivity index (χ0) is 17.7. The SMILES string of the molecule is CC(=O)N1CCC(C(=O)N[C@@H](CC(=O)O)c2ccccc2C)CC1. The highest BCUT2D eigenvalue weighted by atomic mass is 16.4. The van der Waals surface area contributed by atoms with Crippen LogP contribution in [0.4, 0.5) is 0 Å². The van der Waals surface area contributed by atoms with Crippen LogP contribution in [0.1, 0.15) is 43.4 Å². The molecule has 2 rings (SSSR count). The van der Waals surface area contributed by atoms with Crippen LogP contribution in [0.5, 0.6) is 0 Å². The Bertz CT molecular complexity index is 621. The van der Waals surface area contributed by atoms with Crippen LogP contribution in [0.3, 0.4) is 0 Å². The van der Waals surface area contributed by atoms with Crippen LogP contribution >= 0.6 is 0 Å². The first-order valence-corrected chi connectivity index (χ1v) is 8.21. The highest BCUT2D eigenvalue weighted by molar-refractivity contribution is 5.81. The van der Waals surface area contributed by atoms with Crippen molar-refractivity contribution in [2.75, 3.05) is 13.1 Å². The fourth-order valence-corrected chi connectivity index (χ4v) is 3.14. The van der Waals surface area contributed by atoms with E-state index >= 15 is 0 Å². The van der Waals surface area contributed by atoms with Crippen molar-refractivity contribution in [3.63, 3.8) is 0 Å². The van der Waals surface area contributed by atoms with Gasteiger partial charge in [-0.15, -0.1) is 0 Å². The van der Waals surface area contributed by atoms with Crippen molar-refractivity contribution in [2.45, 2.75) is 39.2 Å². The number of carboxylic acid groups (broad SMARTS) is 1. The van der Waals surface area contributed by atoms with Crippen molar-refractivity contribution in [1.29, 1.82) is 0 Å². The molecule has 0 unspecified atom stereocenters. The number of likely N-dealkylation sites (tertiary alicyclic amines) is 1. The van der Waals surface area contributed by atoms with Crippen molar-refractivity contribution in [3.8, 4) is 0 Å². The lowest BCUT2D eigenvalue weighted by molar-refractivity contribution is -0.138. The average Bonchev–Trinajstić information content (AvgIpc) is 2.54. The molecule has 1 atom stereocenters. The molecule has 0 spiro atoms. The van der Waals surface area contributed by atoms with Gasteiger partial charge in [0.05, 0.1) is 12.5 Å². The van der Waals surface area contributed by atoms with E-state index in [1.165, 1.54) is 6.92 Å². The van der Waals surface area contributed by atoms with E-state index in [-0.39, 0.29) is 24.2 Å². The molecule has 0 aliphatic carbocycles. The molecule has 0 saturated carbocycles. The second kappa shape index (κ2) is 7.95. The van der Waals surface area contributed by atoms with Gasteiger partial charge in [0.25, 0.3) is 0 Å². The second-order valence-corrected chi connectivity index (χ2v) is 6.30. The molecule has 24 heavy (non-hydrogen) atoms. The molecule has 1 heterocycles. The topological polar surface area (TPSA) is 86.7 Å².